The summed E-state index contributed by atoms with van der Waals surface area (Å²) < 4.78 is 20.6. The van der Waals surface area contributed by atoms with Crippen LogP contribution in [-0.4, -0.2) is 22.3 Å². The zero-order valence-corrected chi connectivity index (χ0v) is 15.6. The fraction of sp³-hybridized carbons (Fsp3) is 0.500. The van der Waals surface area contributed by atoms with E-state index in [4.69, 9.17) is 4.74 Å². The number of fused-ring (bicyclic) bond motifs is 1. The van der Waals surface area contributed by atoms with Gasteiger partial charge >= 0.3 is 5.69 Å². The van der Waals surface area contributed by atoms with Crippen LogP contribution >= 0.6 is 11.8 Å². The van der Waals surface area contributed by atoms with Gasteiger partial charge in [-0.15, -0.1) is 11.8 Å². The Labute approximate surface area is 156 Å². The van der Waals surface area contributed by atoms with Crippen molar-refractivity contribution in [3.63, 3.8) is 0 Å². The number of aromatic nitrogens is 2. The van der Waals surface area contributed by atoms with E-state index in [1.165, 1.54) is 17.7 Å². The first kappa shape index (κ1) is 17.7. The van der Waals surface area contributed by atoms with Crippen molar-refractivity contribution in [3.05, 3.63) is 57.4 Å². The highest BCUT2D eigenvalue weighted by Gasteiger charge is 2.24. The summed E-state index contributed by atoms with van der Waals surface area (Å²) in [7, 11) is 0. The molecule has 2 aliphatic rings. The zero-order valence-electron chi connectivity index (χ0n) is 14.7. The molecule has 1 aromatic carbocycles. The molecule has 1 atom stereocenters. The minimum absolute atomic E-state index is 0.137. The van der Waals surface area contributed by atoms with Gasteiger partial charge in [-0.2, -0.15) is 4.98 Å². The topological polar surface area (TPSA) is 44.1 Å². The lowest BCUT2D eigenvalue weighted by Gasteiger charge is -2.24. The minimum atomic E-state index is -0.231. The molecule has 1 aliphatic carbocycles. The Morgan fingerprint density at radius 3 is 2.77 bits per heavy atom. The van der Waals surface area contributed by atoms with E-state index < -0.39 is 0 Å². The van der Waals surface area contributed by atoms with Crippen LogP contribution in [0.2, 0.25) is 0 Å². The van der Waals surface area contributed by atoms with E-state index in [1.807, 2.05) is 4.57 Å². The van der Waals surface area contributed by atoms with E-state index in [0.717, 1.165) is 61.4 Å². The average Bonchev–Trinajstić information content (AvgIpc) is 3.17. The molecule has 1 aliphatic heterocycles. The molecule has 0 N–H and O–H groups in total. The van der Waals surface area contributed by atoms with E-state index in [-0.39, 0.29) is 17.6 Å². The number of thioether (sulfide) groups is 1. The molecule has 4 rings (SSSR count). The van der Waals surface area contributed by atoms with Gasteiger partial charge in [-0.05, 0) is 56.2 Å². The van der Waals surface area contributed by atoms with Crippen LogP contribution in [0.4, 0.5) is 4.39 Å². The maximum absolute atomic E-state index is 13.1. The lowest BCUT2D eigenvalue weighted by atomic mass is 9.97. The molecular weight excluding hydrogens is 351 g/mol. The highest BCUT2D eigenvalue weighted by atomic mass is 32.2. The van der Waals surface area contributed by atoms with Gasteiger partial charge in [0, 0.05) is 23.6 Å². The molecule has 2 heterocycles. The summed E-state index contributed by atoms with van der Waals surface area (Å²) in [4.78, 5) is 17.1. The van der Waals surface area contributed by atoms with Crippen molar-refractivity contribution >= 4 is 11.8 Å². The molecule has 26 heavy (non-hydrogen) atoms. The van der Waals surface area contributed by atoms with Crippen LogP contribution in [0.1, 0.15) is 42.5 Å². The summed E-state index contributed by atoms with van der Waals surface area (Å²) >= 11 is 1.58. The monoisotopic (exact) mass is 374 g/mol. The molecule has 138 valence electrons. The number of rotatable bonds is 5. The standard InChI is InChI=1S/C20H23FN2O2S/c21-15-9-7-14(8-10-15)13-26-19-17-5-1-2-6-18(17)23(20(24)22-19)12-16-4-3-11-25-16/h7-10,16H,1-6,11-13H2. The van der Waals surface area contributed by atoms with Crippen LogP contribution in [0, 0.1) is 5.82 Å². The highest BCUT2D eigenvalue weighted by Crippen LogP contribution is 2.30. The Bertz CT molecular complexity index is 829. The molecule has 0 radical (unpaired) electrons. The minimum Gasteiger partial charge on any atom is -0.376 e. The Kier molecular flexibility index (Phi) is 5.41. The van der Waals surface area contributed by atoms with Gasteiger partial charge in [0.1, 0.15) is 10.8 Å². The smallest absolute Gasteiger partial charge is 0.348 e. The van der Waals surface area contributed by atoms with E-state index in [2.05, 4.69) is 4.98 Å². The largest absolute Gasteiger partial charge is 0.376 e. The van der Waals surface area contributed by atoms with Crippen molar-refractivity contribution in [1.29, 1.82) is 0 Å². The second kappa shape index (κ2) is 7.92. The van der Waals surface area contributed by atoms with Crippen molar-refractivity contribution in [2.24, 2.45) is 0 Å². The Morgan fingerprint density at radius 2 is 2.00 bits per heavy atom. The zero-order chi connectivity index (χ0) is 17.9. The molecule has 1 unspecified atom stereocenters. The SMILES string of the molecule is O=c1nc(SCc2ccc(F)cc2)c2c(n1CC1CCCO1)CCCC2. The first-order chi connectivity index (χ1) is 12.7. The van der Waals surface area contributed by atoms with Crippen LogP contribution in [0.15, 0.2) is 34.1 Å². The van der Waals surface area contributed by atoms with Crippen molar-refractivity contribution in [2.75, 3.05) is 6.61 Å². The normalized spacial score (nSPS) is 19.5. The lowest BCUT2D eigenvalue weighted by Crippen LogP contribution is -2.33. The van der Waals surface area contributed by atoms with E-state index in [9.17, 15) is 9.18 Å². The van der Waals surface area contributed by atoms with Crippen molar-refractivity contribution in [3.8, 4) is 0 Å². The van der Waals surface area contributed by atoms with Crippen LogP contribution < -0.4 is 5.69 Å². The maximum atomic E-state index is 13.1. The third-order valence-corrected chi connectivity index (χ3v) is 6.24. The van der Waals surface area contributed by atoms with Crippen molar-refractivity contribution in [2.45, 2.75) is 62.0 Å². The van der Waals surface area contributed by atoms with Gasteiger partial charge in [-0.25, -0.2) is 9.18 Å². The first-order valence-corrected chi connectivity index (χ1v) is 10.3. The third kappa shape index (κ3) is 3.86. The quantitative estimate of drug-likeness (QED) is 0.591. The van der Waals surface area contributed by atoms with Crippen LogP contribution in [0.25, 0.3) is 0 Å². The highest BCUT2D eigenvalue weighted by molar-refractivity contribution is 7.98. The molecule has 1 aromatic heterocycles. The van der Waals surface area contributed by atoms with Crippen molar-refractivity contribution < 1.29 is 9.13 Å². The number of hydrogen-bond donors (Lipinski definition) is 0. The number of benzene rings is 1. The summed E-state index contributed by atoms with van der Waals surface area (Å²) in [5.41, 5.74) is 3.24. The summed E-state index contributed by atoms with van der Waals surface area (Å²) in [5, 5.41) is 0.845. The van der Waals surface area contributed by atoms with Gasteiger partial charge in [0.25, 0.3) is 0 Å². The lowest BCUT2D eigenvalue weighted by molar-refractivity contribution is 0.0947. The Hall–Kier alpha value is -1.66. The Morgan fingerprint density at radius 1 is 1.19 bits per heavy atom. The van der Waals surface area contributed by atoms with Gasteiger partial charge in [-0.1, -0.05) is 12.1 Å². The van der Waals surface area contributed by atoms with E-state index in [1.54, 1.807) is 23.9 Å². The van der Waals surface area contributed by atoms with Gasteiger partial charge in [0.05, 0.1) is 12.6 Å². The number of hydrogen-bond acceptors (Lipinski definition) is 4. The Balaban J connectivity index is 1.59. The molecule has 6 heteroatoms. The average molecular weight is 374 g/mol. The molecule has 1 saturated heterocycles. The number of nitrogens with zero attached hydrogens (tertiary/aromatic N) is 2. The summed E-state index contributed by atoms with van der Waals surface area (Å²) in [5.74, 6) is 0.459. The summed E-state index contributed by atoms with van der Waals surface area (Å²) in [6.45, 7) is 1.41. The summed E-state index contributed by atoms with van der Waals surface area (Å²) in [6.07, 6.45) is 6.38. The first-order valence-electron chi connectivity index (χ1n) is 9.32. The van der Waals surface area contributed by atoms with Gasteiger partial charge in [-0.3, -0.25) is 4.57 Å². The molecule has 0 saturated carbocycles. The van der Waals surface area contributed by atoms with Crippen LogP contribution in [0.3, 0.4) is 0 Å². The second-order valence-corrected chi connectivity index (χ2v) is 7.96. The molecule has 4 nitrogen and oxygen atoms in total. The number of ether oxygens (including phenoxy) is 1. The van der Waals surface area contributed by atoms with Gasteiger partial charge < -0.3 is 4.74 Å². The van der Waals surface area contributed by atoms with Crippen LogP contribution in [-0.2, 0) is 29.9 Å². The third-order valence-electron chi connectivity index (χ3n) is 5.15. The molecule has 1 fully saturated rings. The molecule has 0 bridgehead atoms. The molecule has 0 amide bonds. The summed E-state index contributed by atoms with van der Waals surface area (Å²) in [6, 6.07) is 6.51. The van der Waals surface area contributed by atoms with Crippen molar-refractivity contribution in [1.82, 2.24) is 9.55 Å². The van der Waals surface area contributed by atoms with Crippen LogP contribution in [0.5, 0.6) is 0 Å². The second-order valence-electron chi connectivity index (χ2n) is 6.99. The predicted octanol–water partition coefficient (Wildman–Crippen LogP) is 3.73. The predicted molar refractivity (Wildman–Crippen MR) is 100 cm³/mol. The van der Waals surface area contributed by atoms with Gasteiger partial charge in [0.2, 0.25) is 0 Å². The van der Waals surface area contributed by atoms with E-state index in [0.29, 0.717) is 12.3 Å². The van der Waals surface area contributed by atoms with E-state index >= 15 is 0 Å². The maximum Gasteiger partial charge on any atom is 0.348 e. The molecule has 2 aromatic rings. The number of halogens is 1. The fourth-order valence-corrected chi connectivity index (χ4v) is 4.81. The fourth-order valence-electron chi connectivity index (χ4n) is 3.78. The molecular formula is C20H23FN2O2S. The molecule has 0 spiro atoms. The van der Waals surface area contributed by atoms with Gasteiger partial charge in [0.15, 0.2) is 0 Å².